The van der Waals surface area contributed by atoms with Gasteiger partial charge in [-0.25, -0.2) is 4.79 Å². The average molecular weight is 848 g/mol. The summed E-state index contributed by atoms with van der Waals surface area (Å²) in [6, 6.07) is 9.87. The molecule has 9 atom stereocenters. The van der Waals surface area contributed by atoms with Gasteiger partial charge in [-0.05, 0) is 85.3 Å². The third-order valence-electron chi connectivity index (χ3n) is 12.7. The van der Waals surface area contributed by atoms with Crippen molar-refractivity contribution in [1.82, 2.24) is 25.3 Å². The molecule has 336 valence electrons. The summed E-state index contributed by atoms with van der Waals surface area (Å²) in [5.41, 5.74) is 1.29. The summed E-state index contributed by atoms with van der Waals surface area (Å²) < 4.78 is 11.5. The van der Waals surface area contributed by atoms with Gasteiger partial charge in [0.1, 0.15) is 36.0 Å². The number of benzene rings is 2. The fraction of sp³-hybridized carbons (Fsp3) is 0.617. The lowest BCUT2D eigenvalue weighted by molar-refractivity contribution is -0.166. The first-order valence-electron chi connectivity index (χ1n) is 21.7. The van der Waals surface area contributed by atoms with E-state index in [1.54, 1.807) is 76.5 Å². The molecule has 3 heterocycles. The molecule has 0 radical (unpaired) electrons. The number of amides is 5. The third-order valence-corrected chi connectivity index (χ3v) is 12.7. The maximum Gasteiger partial charge on any atom is 0.329 e. The average Bonchev–Trinajstić information content (AvgIpc) is 3.74. The highest BCUT2D eigenvalue weighted by molar-refractivity contribution is 5.99. The minimum Gasteiger partial charge on any atom is -0.497 e. The molecule has 2 bridgehead atoms. The Balaban J connectivity index is 1.72. The molecule has 0 aromatic heterocycles. The smallest absolute Gasteiger partial charge is 0.329 e. The molecule has 14 nitrogen and oxygen atoms in total. The first-order valence-corrected chi connectivity index (χ1v) is 21.7. The Hall–Kier alpha value is -4.98. The molecule has 0 saturated carbocycles. The lowest BCUT2D eigenvalue weighted by Crippen LogP contribution is -2.59. The van der Waals surface area contributed by atoms with E-state index >= 15 is 0 Å². The molecule has 2 aromatic carbocycles. The van der Waals surface area contributed by atoms with Crippen LogP contribution >= 0.6 is 0 Å². The molecule has 14 heteroatoms. The molecule has 3 aliphatic rings. The zero-order valence-corrected chi connectivity index (χ0v) is 38.0. The minimum absolute atomic E-state index is 0.110. The number of aliphatic hydroxyl groups excluding tert-OH is 1. The molecule has 2 aromatic rings. The van der Waals surface area contributed by atoms with Gasteiger partial charge >= 0.3 is 5.97 Å². The van der Waals surface area contributed by atoms with Crippen molar-refractivity contribution >= 4 is 35.5 Å². The van der Waals surface area contributed by atoms with E-state index in [1.807, 2.05) is 41.5 Å². The summed E-state index contributed by atoms with van der Waals surface area (Å²) in [4.78, 5) is 88.6. The molecule has 0 spiro atoms. The molecule has 3 aliphatic heterocycles. The first-order chi connectivity index (χ1) is 28.7. The van der Waals surface area contributed by atoms with Gasteiger partial charge in [0.2, 0.25) is 23.6 Å². The number of nitrogens with zero attached hydrogens (tertiary/aromatic N) is 3. The van der Waals surface area contributed by atoms with Crippen molar-refractivity contribution in [1.29, 1.82) is 0 Å². The second-order valence-corrected chi connectivity index (χ2v) is 18.3. The minimum atomic E-state index is -1.08. The topological polar surface area (TPSA) is 175 Å². The van der Waals surface area contributed by atoms with Crippen molar-refractivity contribution in [3.05, 3.63) is 65.2 Å². The number of esters is 1. The van der Waals surface area contributed by atoms with Crippen LogP contribution in [0.25, 0.3) is 0 Å². The van der Waals surface area contributed by atoms with Crippen molar-refractivity contribution in [2.75, 3.05) is 27.7 Å². The molecule has 61 heavy (non-hydrogen) atoms. The molecular formula is C47H69N5O9. The monoisotopic (exact) mass is 848 g/mol. The van der Waals surface area contributed by atoms with E-state index in [2.05, 4.69) is 10.6 Å². The number of ether oxygens (including phenoxy) is 2. The van der Waals surface area contributed by atoms with Gasteiger partial charge in [0, 0.05) is 39.2 Å². The fourth-order valence-corrected chi connectivity index (χ4v) is 8.11. The summed E-state index contributed by atoms with van der Waals surface area (Å²) in [5.74, 6) is -3.23. The fourth-order valence-electron chi connectivity index (χ4n) is 8.11. The van der Waals surface area contributed by atoms with Crippen LogP contribution in [-0.2, 0) is 41.7 Å². The number of methoxy groups -OCH3 is 1. The Kier molecular flexibility index (Phi) is 16.9. The molecule has 5 amide bonds. The maximum absolute atomic E-state index is 14.6. The van der Waals surface area contributed by atoms with Crippen molar-refractivity contribution in [3.63, 3.8) is 0 Å². The lowest BCUT2D eigenvalue weighted by atomic mass is 9.81. The molecule has 0 aliphatic carbocycles. The second-order valence-electron chi connectivity index (χ2n) is 18.3. The molecule has 1 saturated heterocycles. The summed E-state index contributed by atoms with van der Waals surface area (Å²) in [6.07, 6.45) is 0.876. The largest absolute Gasteiger partial charge is 0.497 e. The van der Waals surface area contributed by atoms with E-state index in [-0.39, 0.29) is 42.2 Å². The van der Waals surface area contributed by atoms with Crippen molar-refractivity contribution in [2.45, 2.75) is 137 Å². The molecule has 5 rings (SSSR count). The van der Waals surface area contributed by atoms with Gasteiger partial charge in [0.05, 0.1) is 19.1 Å². The molecule has 0 unspecified atom stereocenters. The van der Waals surface area contributed by atoms with Crippen molar-refractivity contribution in [2.24, 2.45) is 23.2 Å². The lowest BCUT2D eigenvalue weighted by Gasteiger charge is -2.39. The van der Waals surface area contributed by atoms with Crippen molar-refractivity contribution < 1.29 is 43.3 Å². The number of carbonyl (C=O) groups is 6. The van der Waals surface area contributed by atoms with Gasteiger partial charge in [-0.2, -0.15) is 0 Å². The van der Waals surface area contributed by atoms with Gasteiger partial charge in [0.15, 0.2) is 0 Å². The summed E-state index contributed by atoms with van der Waals surface area (Å²) in [5, 5.41) is 16.9. The Morgan fingerprint density at radius 1 is 0.885 bits per heavy atom. The number of nitrogens with one attached hydrogen (secondary N) is 2. The summed E-state index contributed by atoms with van der Waals surface area (Å²) >= 11 is 0. The van der Waals surface area contributed by atoms with E-state index in [4.69, 9.17) is 9.47 Å². The van der Waals surface area contributed by atoms with Gasteiger partial charge < -0.3 is 39.9 Å². The molecule has 1 fully saturated rings. The van der Waals surface area contributed by atoms with Crippen LogP contribution in [0.1, 0.15) is 109 Å². The highest BCUT2D eigenvalue weighted by atomic mass is 16.5. The van der Waals surface area contributed by atoms with Crippen LogP contribution in [0, 0.1) is 23.2 Å². The summed E-state index contributed by atoms with van der Waals surface area (Å²) in [6.45, 7) is 15.5. The highest BCUT2D eigenvalue weighted by Gasteiger charge is 2.44. The predicted octanol–water partition coefficient (Wildman–Crippen LogP) is 4.75. The molecular weight excluding hydrogens is 779 g/mol. The number of hydrogen-bond acceptors (Lipinski definition) is 9. The first kappa shape index (κ1) is 48.7. The van der Waals surface area contributed by atoms with Crippen LogP contribution < -0.4 is 15.4 Å². The Morgan fingerprint density at radius 2 is 1.52 bits per heavy atom. The van der Waals surface area contributed by atoms with E-state index in [1.165, 1.54) is 21.7 Å². The van der Waals surface area contributed by atoms with Gasteiger partial charge in [-0.1, -0.05) is 79.2 Å². The standard InChI is InChI=1S/C47H69N5O9/c1-12-29(3)40-45(58)52-23-13-14-37(52)46(59)61-39(47(6,7)8)25-28(2)24-38(53)30(4)41(54)48-27-33-15-19-34(20-16-33)42(55)49-36(26-32-17-21-35(60-11)22-18-32)44(57)50(9)31(5)43(56)51(40)10/h15-22,28-31,36-40,53H,12-14,23-27H2,1-11H3,(H,48,54)(H,49,55)/t28-,29-,30+,31+,36-,37-,38-,39-,40-/m0/s1. The van der Waals surface area contributed by atoms with Crippen LogP contribution in [0.2, 0.25) is 0 Å². The highest BCUT2D eigenvalue weighted by Crippen LogP contribution is 2.32. The Labute approximate surface area is 362 Å². The van der Waals surface area contributed by atoms with Gasteiger partial charge in [0.25, 0.3) is 5.91 Å². The normalized spacial score (nSPS) is 27.8. The number of carbonyl (C=O) groups excluding carboxylic acids is 6. The van der Waals surface area contributed by atoms with Crippen LogP contribution in [-0.4, -0.2) is 119 Å². The quantitative estimate of drug-likeness (QED) is 0.284. The number of aliphatic hydroxyl groups is 1. The second kappa shape index (κ2) is 21.2. The van der Waals surface area contributed by atoms with Crippen LogP contribution in [0.5, 0.6) is 5.75 Å². The van der Waals surface area contributed by atoms with E-state index < -0.39 is 71.4 Å². The Bertz CT molecular complexity index is 1850. The third kappa shape index (κ3) is 12.3. The van der Waals surface area contributed by atoms with Gasteiger partial charge in [-0.15, -0.1) is 0 Å². The van der Waals surface area contributed by atoms with E-state index in [0.717, 1.165) is 11.1 Å². The van der Waals surface area contributed by atoms with Crippen LogP contribution in [0.4, 0.5) is 0 Å². The molecule has 3 N–H and O–H groups in total. The van der Waals surface area contributed by atoms with Crippen LogP contribution in [0.15, 0.2) is 48.5 Å². The zero-order valence-electron chi connectivity index (χ0n) is 38.0. The number of likely N-dealkylation sites (N-methyl/N-ethyl adjacent to an activating group) is 2. The van der Waals surface area contributed by atoms with Gasteiger partial charge in [-0.3, -0.25) is 24.0 Å². The summed E-state index contributed by atoms with van der Waals surface area (Å²) in [7, 11) is 4.61. The number of hydrogen-bond donors (Lipinski definition) is 3. The van der Waals surface area contributed by atoms with Crippen molar-refractivity contribution in [3.8, 4) is 5.75 Å². The van der Waals surface area contributed by atoms with Crippen LogP contribution in [0.3, 0.4) is 0 Å². The maximum atomic E-state index is 14.6. The van der Waals surface area contributed by atoms with E-state index in [0.29, 0.717) is 44.4 Å². The zero-order chi connectivity index (χ0) is 45.3. The van der Waals surface area contributed by atoms with E-state index in [9.17, 15) is 33.9 Å². The predicted molar refractivity (Wildman–Crippen MR) is 232 cm³/mol. The SMILES string of the molecule is CC[C@H](C)[C@H]1C(=O)N2CCC[C@H]2C(=O)O[C@H](C(C)(C)C)C[C@@H](C)C[C@H](O)[C@@H](C)C(=O)NCc2ccc(cc2)C(=O)N[C@@H](Cc2ccc(OC)cc2)C(=O)N(C)[C@H](C)C(=O)N1C. The number of fused-ring (bicyclic) bond motifs is 21. The number of rotatable bonds is 5. The Morgan fingerprint density at radius 3 is 2.11 bits per heavy atom.